The molecule has 1 aliphatic carbocycles. The van der Waals surface area contributed by atoms with E-state index in [1.807, 2.05) is 27.1 Å². The third-order valence-corrected chi connectivity index (χ3v) is 4.08. The van der Waals surface area contributed by atoms with E-state index in [9.17, 15) is 4.79 Å². The lowest BCUT2D eigenvalue weighted by atomic mass is 9.86. The van der Waals surface area contributed by atoms with E-state index in [0.29, 0.717) is 0 Å². The molecule has 0 bridgehead atoms. The van der Waals surface area contributed by atoms with E-state index in [0.717, 1.165) is 27.7 Å². The number of hydrogen-bond donors (Lipinski definition) is 0. The molecule has 2 nitrogen and oxygen atoms in total. The van der Waals surface area contributed by atoms with Gasteiger partial charge in [0.2, 0.25) is 0 Å². The Labute approximate surface area is 98.8 Å². The van der Waals surface area contributed by atoms with Gasteiger partial charge in [-0.05, 0) is 32.1 Å². The Balaban J connectivity index is 2.30. The van der Waals surface area contributed by atoms with Crippen LogP contribution >= 0.6 is 22.9 Å². The second kappa shape index (κ2) is 3.58. The Hall–Kier alpha value is -0.380. The largest absolute Gasteiger partial charge is 0.308 e. The van der Waals surface area contributed by atoms with Crippen LogP contribution < -0.4 is 0 Å². The molecular weight excluding hydrogens is 230 g/mol. The van der Waals surface area contributed by atoms with E-state index in [2.05, 4.69) is 4.90 Å². The van der Waals surface area contributed by atoms with Crippen molar-refractivity contribution in [2.75, 3.05) is 20.6 Å². The van der Waals surface area contributed by atoms with E-state index in [-0.39, 0.29) is 11.2 Å². The van der Waals surface area contributed by atoms with Crippen molar-refractivity contribution in [3.63, 3.8) is 0 Å². The number of ketones is 1. The van der Waals surface area contributed by atoms with E-state index in [1.165, 1.54) is 11.3 Å². The minimum atomic E-state index is -0.255. The van der Waals surface area contributed by atoms with Gasteiger partial charge in [0, 0.05) is 12.0 Å². The highest BCUT2D eigenvalue weighted by molar-refractivity contribution is 7.18. The molecule has 2 rings (SSSR count). The van der Waals surface area contributed by atoms with Gasteiger partial charge < -0.3 is 4.90 Å². The lowest BCUT2D eigenvalue weighted by molar-refractivity contribution is 0.0802. The molecule has 0 N–H and O–H groups in total. The van der Waals surface area contributed by atoms with E-state index in [1.54, 1.807) is 0 Å². The Morgan fingerprint density at radius 2 is 2.27 bits per heavy atom. The van der Waals surface area contributed by atoms with Crippen molar-refractivity contribution in [1.82, 2.24) is 4.90 Å². The van der Waals surface area contributed by atoms with Gasteiger partial charge in [0.05, 0.1) is 9.21 Å². The van der Waals surface area contributed by atoms with Crippen molar-refractivity contribution in [3.05, 3.63) is 20.8 Å². The summed E-state index contributed by atoms with van der Waals surface area (Å²) < 4.78 is 0.722. The fourth-order valence-electron chi connectivity index (χ4n) is 2.32. The first-order valence-corrected chi connectivity index (χ1v) is 6.09. The van der Waals surface area contributed by atoms with E-state index >= 15 is 0 Å². The van der Waals surface area contributed by atoms with Crippen LogP contribution in [0.2, 0.25) is 4.34 Å². The zero-order chi connectivity index (χ0) is 11.2. The SMILES string of the molecule is CN(C)C[C@]1(C)Cc2cc(Cl)sc2C1=O. The molecular formula is C11H14ClNOS. The van der Waals surface area contributed by atoms with Crippen LogP contribution in [-0.4, -0.2) is 31.3 Å². The second-order valence-corrected chi connectivity index (χ2v) is 6.39. The van der Waals surface area contributed by atoms with Crippen molar-refractivity contribution in [2.24, 2.45) is 5.41 Å². The van der Waals surface area contributed by atoms with Gasteiger partial charge in [0.1, 0.15) is 0 Å². The molecule has 0 aromatic carbocycles. The maximum atomic E-state index is 12.2. The third kappa shape index (κ3) is 1.84. The first-order chi connectivity index (χ1) is 6.92. The highest BCUT2D eigenvalue weighted by atomic mass is 35.5. The molecule has 0 radical (unpaired) electrons. The van der Waals surface area contributed by atoms with Crippen LogP contribution in [0.5, 0.6) is 0 Å². The number of hydrogen-bond acceptors (Lipinski definition) is 3. The van der Waals surface area contributed by atoms with Crippen LogP contribution in [0.4, 0.5) is 0 Å². The van der Waals surface area contributed by atoms with Gasteiger partial charge in [0.15, 0.2) is 5.78 Å². The number of thiophene rings is 1. The predicted octanol–water partition coefficient (Wildman–Crippen LogP) is 2.71. The highest BCUT2D eigenvalue weighted by Crippen LogP contribution is 2.42. The molecule has 4 heteroatoms. The van der Waals surface area contributed by atoms with Gasteiger partial charge in [-0.1, -0.05) is 18.5 Å². The number of carbonyl (C=O) groups excluding carboxylic acids is 1. The van der Waals surface area contributed by atoms with Crippen LogP contribution in [0.15, 0.2) is 6.07 Å². The summed E-state index contributed by atoms with van der Waals surface area (Å²) in [6.07, 6.45) is 0.822. The normalized spacial score (nSPS) is 25.0. The number of Topliss-reactive ketones (excluding diaryl/α,β-unsaturated/α-hetero) is 1. The first kappa shape index (κ1) is 11.1. The molecule has 1 aromatic rings. The summed E-state index contributed by atoms with van der Waals surface area (Å²) in [6.45, 7) is 2.83. The summed E-state index contributed by atoms with van der Waals surface area (Å²) in [5.41, 5.74) is 0.870. The van der Waals surface area contributed by atoms with Crippen LogP contribution in [-0.2, 0) is 6.42 Å². The highest BCUT2D eigenvalue weighted by Gasteiger charge is 2.43. The van der Waals surface area contributed by atoms with Crippen molar-refractivity contribution in [3.8, 4) is 0 Å². The van der Waals surface area contributed by atoms with Gasteiger partial charge in [0.25, 0.3) is 0 Å². The van der Waals surface area contributed by atoms with Crippen LogP contribution in [0.1, 0.15) is 22.2 Å². The average Bonchev–Trinajstić information content (AvgIpc) is 2.51. The maximum Gasteiger partial charge on any atom is 0.180 e. The number of rotatable bonds is 2. The average molecular weight is 244 g/mol. The lowest BCUT2D eigenvalue weighted by Gasteiger charge is -2.25. The molecule has 0 fully saturated rings. The minimum absolute atomic E-state index is 0.253. The fraction of sp³-hybridized carbons (Fsp3) is 0.545. The third-order valence-electron chi connectivity index (χ3n) is 2.78. The number of nitrogens with zero attached hydrogens (tertiary/aromatic N) is 1. The van der Waals surface area contributed by atoms with Gasteiger partial charge in [-0.2, -0.15) is 0 Å². The van der Waals surface area contributed by atoms with Crippen molar-refractivity contribution < 1.29 is 4.79 Å². The number of halogens is 1. The Morgan fingerprint density at radius 1 is 1.60 bits per heavy atom. The van der Waals surface area contributed by atoms with Crippen molar-refractivity contribution in [1.29, 1.82) is 0 Å². The molecule has 1 heterocycles. The Bertz CT molecular complexity index is 413. The summed E-state index contributed by atoms with van der Waals surface area (Å²) in [5.74, 6) is 0.253. The molecule has 0 saturated heterocycles. The van der Waals surface area contributed by atoms with Gasteiger partial charge in [-0.15, -0.1) is 11.3 Å². The van der Waals surface area contributed by atoms with Gasteiger partial charge in [-0.25, -0.2) is 0 Å². The molecule has 0 saturated carbocycles. The molecule has 82 valence electrons. The van der Waals surface area contributed by atoms with E-state index in [4.69, 9.17) is 11.6 Å². The number of fused-ring (bicyclic) bond motifs is 1. The predicted molar refractivity (Wildman–Crippen MR) is 64.0 cm³/mol. The second-order valence-electron chi connectivity index (χ2n) is 4.71. The van der Waals surface area contributed by atoms with Gasteiger partial charge >= 0.3 is 0 Å². The molecule has 1 aliphatic rings. The van der Waals surface area contributed by atoms with Gasteiger partial charge in [-0.3, -0.25) is 4.79 Å². The van der Waals surface area contributed by atoms with Crippen LogP contribution in [0.3, 0.4) is 0 Å². The molecule has 1 atom stereocenters. The Morgan fingerprint density at radius 3 is 2.80 bits per heavy atom. The topological polar surface area (TPSA) is 20.3 Å². The van der Waals surface area contributed by atoms with Crippen molar-refractivity contribution >= 4 is 28.7 Å². The van der Waals surface area contributed by atoms with Crippen molar-refractivity contribution in [2.45, 2.75) is 13.3 Å². The molecule has 0 unspecified atom stereocenters. The standard InChI is InChI=1S/C11H14ClNOS/c1-11(6-13(2)3)5-7-4-8(12)15-9(7)10(11)14/h4H,5-6H2,1-3H3/t11-/m0/s1. The zero-order valence-corrected chi connectivity index (χ0v) is 10.7. The Kier molecular flexibility index (Phi) is 2.65. The summed E-state index contributed by atoms with van der Waals surface area (Å²) in [5, 5.41) is 0. The minimum Gasteiger partial charge on any atom is -0.308 e. The monoisotopic (exact) mass is 243 g/mol. The molecule has 15 heavy (non-hydrogen) atoms. The molecule has 0 aliphatic heterocycles. The molecule has 0 spiro atoms. The summed E-state index contributed by atoms with van der Waals surface area (Å²) in [6, 6.07) is 1.93. The lowest BCUT2D eigenvalue weighted by Crippen LogP contribution is -2.36. The van der Waals surface area contributed by atoms with Crippen LogP contribution in [0.25, 0.3) is 0 Å². The summed E-state index contributed by atoms with van der Waals surface area (Å²) >= 11 is 7.31. The van der Waals surface area contributed by atoms with Crippen LogP contribution in [0, 0.1) is 5.41 Å². The summed E-state index contributed by atoms with van der Waals surface area (Å²) in [4.78, 5) is 15.1. The van der Waals surface area contributed by atoms with E-state index < -0.39 is 0 Å². The number of carbonyl (C=O) groups is 1. The smallest absolute Gasteiger partial charge is 0.180 e. The molecule has 1 aromatic heterocycles. The fourth-order valence-corrected chi connectivity index (χ4v) is 3.68. The maximum absolute atomic E-state index is 12.2. The quantitative estimate of drug-likeness (QED) is 0.796. The molecule has 0 amide bonds. The summed E-state index contributed by atoms with van der Waals surface area (Å²) in [7, 11) is 4.00. The zero-order valence-electron chi connectivity index (χ0n) is 9.13. The first-order valence-electron chi connectivity index (χ1n) is 4.90.